The second-order valence-corrected chi connectivity index (χ2v) is 19.3. The Bertz CT molecular complexity index is 2000. The molecule has 0 unspecified atom stereocenters. The van der Waals surface area contributed by atoms with Crippen LogP contribution in [0.2, 0.25) is 0 Å². The molecule has 2 aromatic carbocycles. The molecule has 65 heavy (non-hydrogen) atoms. The quantitative estimate of drug-likeness (QED) is 0.122. The van der Waals surface area contributed by atoms with Gasteiger partial charge in [0.2, 0.25) is 5.91 Å². The Morgan fingerprint density at radius 3 is 2.09 bits per heavy atom. The van der Waals surface area contributed by atoms with Crippen LogP contribution in [0, 0.1) is 5.92 Å². The molecule has 1 aromatic heterocycles. The SMILES string of the molecule is C1C[C@H]2C[C@@H]1CO2.C=CC(=O)N1CCN(c2nc(OCCCN3C[C@H]4C[C@@H]3CO4)nc3c2CCN(c2cc(O)cc4ccccc24)C3)CC1.OCCCBr.OCCCN1C[C@H]2C[C@@H]1CO2. The number of amides is 1. The lowest BCUT2D eigenvalue weighted by Gasteiger charge is -2.38. The van der Waals surface area contributed by atoms with Crippen LogP contribution in [0.1, 0.15) is 62.6 Å². The Hall–Kier alpha value is -3.61. The van der Waals surface area contributed by atoms with E-state index in [9.17, 15) is 9.90 Å². The number of fused-ring (bicyclic) bond motifs is 8. The van der Waals surface area contributed by atoms with Gasteiger partial charge in [0, 0.05) is 119 Å². The van der Waals surface area contributed by atoms with Gasteiger partial charge in [-0.05, 0) is 81.2 Å². The van der Waals surface area contributed by atoms with E-state index in [1.807, 2.05) is 29.2 Å². The van der Waals surface area contributed by atoms with E-state index < -0.39 is 0 Å². The van der Waals surface area contributed by atoms with Crippen molar-refractivity contribution < 1.29 is 39.1 Å². The minimum absolute atomic E-state index is 0.0323. The summed E-state index contributed by atoms with van der Waals surface area (Å²) in [7, 11) is 0. The van der Waals surface area contributed by atoms with E-state index in [0.717, 1.165) is 129 Å². The molecule has 0 radical (unpaired) electrons. The molecule has 6 atom stereocenters. The number of benzene rings is 2. The van der Waals surface area contributed by atoms with Crippen molar-refractivity contribution in [2.75, 3.05) is 114 Å². The third-order valence-corrected chi connectivity index (χ3v) is 14.6. The number of rotatable bonds is 13. The van der Waals surface area contributed by atoms with Crippen molar-refractivity contribution in [2.24, 2.45) is 5.92 Å². The second-order valence-electron chi connectivity index (χ2n) is 18.5. The number of carbonyl (C=O) groups is 1. The molecule has 15 nitrogen and oxygen atoms in total. The second kappa shape index (κ2) is 23.4. The molecule has 1 aliphatic carbocycles. The van der Waals surface area contributed by atoms with Crippen LogP contribution < -0.4 is 14.5 Å². The topological polar surface area (TPSA) is 157 Å². The number of alkyl halides is 1. The van der Waals surface area contributed by atoms with Crippen molar-refractivity contribution in [1.29, 1.82) is 0 Å². The van der Waals surface area contributed by atoms with Gasteiger partial charge >= 0.3 is 6.01 Å². The number of nitrogens with zero attached hydrogens (tertiary/aromatic N) is 7. The van der Waals surface area contributed by atoms with Crippen LogP contribution in [-0.4, -0.2) is 180 Å². The number of aliphatic hydroxyl groups excluding tert-OH is 2. The Balaban J connectivity index is 0.000000201. The zero-order valence-corrected chi connectivity index (χ0v) is 39.6. The third-order valence-electron chi connectivity index (χ3n) is 14.1. The van der Waals surface area contributed by atoms with Gasteiger partial charge in [0.05, 0.1) is 50.4 Å². The summed E-state index contributed by atoms with van der Waals surface area (Å²) in [5, 5.41) is 30.2. The molecular weight excluding hydrogens is 894 g/mol. The van der Waals surface area contributed by atoms with Crippen LogP contribution in [0.4, 0.5) is 11.5 Å². The fourth-order valence-electron chi connectivity index (χ4n) is 10.6. The van der Waals surface area contributed by atoms with E-state index in [0.29, 0.717) is 89.0 Å². The molecule has 16 heteroatoms. The fourth-order valence-corrected chi connectivity index (χ4v) is 10.8. The van der Waals surface area contributed by atoms with Crippen LogP contribution in [0.25, 0.3) is 10.8 Å². The zero-order valence-electron chi connectivity index (χ0n) is 38.0. The largest absolute Gasteiger partial charge is 0.508 e. The van der Waals surface area contributed by atoms with Gasteiger partial charge in [-0.25, -0.2) is 0 Å². The molecule has 3 aromatic rings. The van der Waals surface area contributed by atoms with Crippen LogP contribution >= 0.6 is 15.9 Å². The molecule has 11 rings (SSSR count). The van der Waals surface area contributed by atoms with Crippen molar-refractivity contribution in [2.45, 2.75) is 94.7 Å². The van der Waals surface area contributed by atoms with E-state index >= 15 is 0 Å². The van der Waals surface area contributed by atoms with Gasteiger partial charge in [-0.15, -0.1) is 0 Å². The van der Waals surface area contributed by atoms with Crippen LogP contribution in [0.5, 0.6) is 11.8 Å². The standard InChI is InChI=1S/C32H38N6O4.C8H15NO2.C6H10O.C3H7BrO/c1-2-30(40)35-11-13-36(14-12-35)31-27-8-10-38(29-18-24(39)16-22-6-3-4-7-26(22)29)20-28(27)33-32(34-31)41-15-5-9-37-19-25-17-23(37)21-42-25;10-3-1-2-9-5-8-4-7(9)6-11-8;1-2-6-3-5(1)4-7-6;4-2-1-3-5/h2-4,6-7,16,18,23,25,39H,1,5,8-15,17,19-21H2;7-8,10H,1-6H2;5-6H,1-4H2;5H,1-3H2/t23-,25-;7-,8-;5-,6+;/m111./s1. The lowest BCUT2D eigenvalue weighted by atomic mass is 10.0. The van der Waals surface area contributed by atoms with Gasteiger partial charge < -0.3 is 49.0 Å². The predicted molar refractivity (Wildman–Crippen MR) is 255 cm³/mol. The maximum Gasteiger partial charge on any atom is 0.318 e. The number of aliphatic hydroxyl groups is 2. The molecule has 7 fully saturated rings. The number of piperazine rings is 1. The smallest absolute Gasteiger partial charge is 0.318 e. The summed E-state index contributed by atoms with van der Waals surface area (Å²) in [6, 6.07) is 13.4. The number of aromatic hydroxyl groups is 1. The van der Waals surface area contributed by atoms with Crippen molar-refractivity contribution >= 4 is 44.1 Å². The van der Waals surface area contributed by atoms with Crippen LogP contribution in [0.15, 0.2) is 49.1 Å². The number of carbonyl (C=O) groups excluding carboxylic acids is 1. The highest BCUT2D eigenvalue weighted by Crippen LogP contribution is 2.37. The highest BCUT2D eigenvalue weighted by atomic mass is 79.9. The number of morpholine rings is 2. The van der Waals surface area contributed by atoms with E-state index in [1.54, 1.807) is 6.07 Å². The molecule has 1 amide bonds. The molecule has 6 saturated heterocycles. The number of phenolic OH excluding ortho intramolecular Hbond substituents is 1. The number of hydrogen-bond acceptors (Lipinski definition) is 14. The van der Waals surface area contributed by atoms with Gasteiger partial charge in [-0.1, -0.05) is 46.8 Å². The number of anilines is 2. The first-order chi connectivity index (χ1) is 31.8. The highest BCUT2D eigenvalue weighted by molar-refractivity contribution is 9.09. The lowest BCUT2D eigenvalue weighted by Crippen LogP contribution is -2.49. The summed E-state index contributed by atoms with van der Waals surface area (Å²) in [6.07, 6.45) is 12.9. The summed E-state index contributed by atoms with van der Waals surface area (Å²) >= 11 is 3.15. The van der Waals surface area contributed by atoms with Gasteiger partial charge in [-0.3, -0.25) is 14.6 Å². The lowest BCUT2D eigenvalue weighted by molar-refractivity contribution is -0.126. The normalized spacial score (nSPS) is 26.3. The summed E-state index contributed by atoms with van der Waals surface area (Å²) < 4.78 is 22.8. The first kappa shape index (κ1) is 47.9. The van der Waals surface area contributed by atoms with Gasteiger partial charge in [0.15, 0.2) is 0 Å². The van der Waals surface area contributed by atoms with E-state index in [-0.39, 0.29) is 11.7 Å². The fraction of sp³-hybridized carbons (Fsp3) is 0.653. The first-order valence-electron chi connectivity index (χ1n) is 24.1. The van der Waals surface area contributed by atoms with Crippen molar-refractivity contribution in [1.82, 2.24) is 24.7 Å². The maximum absolute atomic E-state index is 12.2. The minimum Gasteiger partial charge on any atom is -0.508 e. The zero-order chi connectivity index (χ0) is 45.1. The Morgan fingerprint density at radius 2 is 1.54 bits per heavy atom. The number of phenols is 1. The van der Waals surface area contributed by atoms with Gasteiger partial charge in [0.25, 0.3) is 0 Å². The molecule has 8 heterocycles. The van der Waals surface area contributed by atoms with E-state index in [1.165, 1.54) is 31.8 Å². The van der Waals surface area contributed by atoms with E-state index in [4.69, 9.17) is 39.1 Å². The number of hydrogen-bond donors (Lipinski definition) is 3. The number of aromatic nitrogens is 2. The Kier molecular flexibility index (Phi) is 17.2. The van der Waals surface area contributed by atoms with E-state index in [2.05, 4.69) is 48.2 Å². The summed E-state index contributed by atoms with van der Waals surface area (Å²) in [5.74, 6) is 2.09. The van der Waals surface area contributed by atoms with Crippen molar-refractivity contribution in [3.8, 4) is 11.8 Å². The molecular formula is C49H70BrN7O8. The van der Waals surface area contributed by atoms with Crippen molar-refractivity contribution in [3.63, 3.8) is 0 Å². The molecule has 356 valence electrons. The summed E-state index contributed by atoms with van der Waals surface area (Å²) in [6.45, 7) is 15.8. The Morgan fingerprint density at radius 1 is 0.831 bits per heavy atom. The Labute approximate surface area is 392 Å². The van der Waals surface area contributed by atoms with Crippen molar-refractivity contribution in [3.05, 3.63) is 60.3 Å². The van der Waals surface area contributed by atoms with Gasteiger partial charge in [-0.2, -0.15) is 9.97 Å². The van der Waals surface area contributed by atoms with Crippen LogP contribution in [-0.2, 0) is 32.0 Å². The molecule has 0 spiro atoms. The monoisotopic (exact) mass is 963 g/mol. The average Bonchev–Trinajstić information content (AvgIpc) is 4.24. The molecule has 7 aliphatic heterocycles. The molecule has 3 N–H and O–H groups in total. The number of ether oxygens (including phenoxy) is 4. The average molecular weight is 965 g/mol. The summed E-state index contributed by atoms with van der Waals surface area (Å²) in [5.41, 5.74) is 3.09. The molecule has 1 saturated carbocycles. The highest BCUT2D eigenvalue weighted by Gasteiger charge is 2.39. The minimum atomic E-state index is -0.0323. The predicted octanol–water partition coefficient (Wildman–Crippen LogP) is 4.77. The third kappa shape index (κ3) is 12.3. The summed E-state index contributed by atoms with van der Waals surface area (Å²) in [4.78, 5) is 33.4. The maximum atomic E-state index is 12.2. The number of likely N-dealkylation sites (tertiary alicyclic amines) is 2. The first-order valence-corrected chi connectivity index (χ1v) is 25.2. The number of halogens is 1. The molecule has 8 aliphatic rings. The van der Waals surface area contributed by atoms with Gasteiger partial charge in [0.1, 0.15) is 11.6 Å². The van der Waals surface area contributed by atoms with Crippen LogP contribution in [0.3, 0.4) is 0 Å². The molecule has 6 bridgehead atoms.